The van der Waals surface area contributed by atoms with Gasteiger partial charge in [-0.1, -0.05) is 6.07 Å². The largest absolute Gasteiger partial charge is 0.260 e. The first-order valence-electron chi connectivity index (χ1n) is 2.93. The summed E-state index contributed by atoms with van der Waals surface area (Å²) in [5.41, 5.74) is 8.09. The maximum atomic E-state index is 7.26. The van der Waals surface area contributed by atoms with E-state index in [2.05, 4.69) is 4.98 Å². The van der Waals surface area contributed by atoms with Crippen molar-refractivity contribution >= 4 is 0 Å². The molecule has 0 fully saturated rings. The van der Waals surface area contributed by atoms with Crippen LogP contribution in [0.25, 0.3) is 0 Å². The molecule has 1 atom stereocenters. The Kier molecular flexibility index (Phi) is 1.80. The molecule has 0 aliphatic carbocycles. The van der Waals surface area contributed by atoms with Gasteiger partial charge in [0.15, 0.2) is 0 Å². The van der Waals surface area contributed by atoms with Gasteiger partial charge in [0.2, 0.25) is 0 Å². The maximum Gasteiger partial charge on any atom is 0.0606 e. The molecule has 0 amide bonds. The van der Waals surface area contributed by atoms with Gasteiger partial charge in [0.1, 0.15) is 0 Å². The molecule has 2 heteroatoms. The average molecular weight is 121 g/mol. The molecule has 9 heavy (non-hydrogen) atoms. The highest BCUT2D eigenvalue weighted by Crippen LogP contribution is 2.04. The van der Waals surface area contributed by atoms with Crippen molar-refractivity contribution in [3.05, 3.63) is 30.1 Å². The van der Waals surface area contributed by atoms with E-state index in [-0.39, 0.29) is 6.04 Å². The fraction of sp³-hybridized carbons (Fsp3) is 0.286. The number of nitrogens with zero attached hydrogens (tertiary/aromatic N) is 1. The van der Waals surface area contributed by atoms with E-state index in [4.69, 9.17) is 5.73 Å². The summed E-state index contributed by atoms with van der Waals surface area (Å²) in [6, 6.07) is 5.41. The lowest BCUT2D eigenvalue weighted by Gasteiger charge is -1.99. The molecule has 0 aliphatic heterocycles. The predicted molar refractivity (Wildman–Crippen MR) is 35.7 cm³/mol. The first-order chi connectivity index (χ1) is 4.30. The first kappa shape index (κ1) is 6.23. The van der Waals surface area contributed by atoms with Gasteiger partial charge in [-0.2, -0.15) is 0 Å². The monoisotopic (exact) mass is 121 g/mol. The van der Waals surface area contributed by atoms with E-state index in [1.54, 1.807) is 6.20 Å². The van der Waals surface area contributed by atoms with Gasteiger partial charge in [0.05, 0.1) is 11.7 Å². The summed E-state index contributed by atoms with van der Waals surface area (Å²) < 4.78 is 0. The van der Waals surface area contributed by atoms with Gasteiger partial charge >= 0.3 is 0 Å². The van der Waals surface area contributed by atoms with Gasteiger partial charge < -0.3 is 0 Å². The summed E-state index contributed by atoms with van der Waals surface area (Å²) in [4.78, 5) is 3.99. The van der Waals surface area contributed by atoms with E-state index in [1.165, 1.54) is 0 Å². The van der Waals surface area contributed by atoms with E-state index in [0.717, 1.165) is 5.69 Å². The van der Waals surface area contributed by atoms with Gasteiger partial charge in [-0.15, -0.1) is 0 Å². The summed E-state index contributed by atoms with van der Waals surface area (Å²) in [6.07, 6.45) is 1.71. The third-order valence-corrected chi connectivity index (χ3v) is 1.13. The fourth-order valence-corrected chi connectivity index (χ4v) is 0.632. The van der Waals surface area contributed by atoms with Crippen molar-refractivity contribution in [2.45, 2.75) is 13.0 Å². The third kappa shape index (κ3) is 1.50. The Hall–Kier alpha value is -0.890. The van der Waals surface area contributed by atoms with Crippen LogP contribution in [0, 0.1) is 0 Å². The van der Waals surface area contributed by atoms with Gasteiger partial charge in [-0.05, 0) is 19.1 Å². The van der Waals surface area contributed by atoms with Crippen LogP contribution in [-0.2, 0) is 0 Å². The molecule has 0 saturated carbocycles. The van der Waals surface area contributed by atoms with Crippen LogP contribution < -0.4 is 5.73 Å². The van der Waals surface area contributed by atoms with Crippen molar-refractivity contribution in [1.82, 2.24) is 10.7 Å². The van der Waals surface area contributed by atoms with Crippen molar-refractivity contribution in [3.63, 3.8) is 0 Å². The van der Waals surface area contributed by atoms with Crippen LogP contribution in [0.3, 0.4) is 0 Å². The first-order valence-corrected chi connectivity index (χ1v) is 2.93. The zero-order valence-corrected chi connectivity index (χ0v) is 5.33. The smallest absolute Gasteiger partial charge is 0.0606 e. The Bertz CT molecular complexity index is 170. The van der Waals surface area contributed by atoms with E-state index < -0.39 is 0 Å². The Balaban J connectivity index is 2.85. The van der Waals surface area contributed by atoms with Crippen LogP contribution in [0.2, 0.25) is 0 Å². The molecule has 0 saturated heterocycles. The van der Waals surface area contributed by atoms with Crippen LogP contribution in [0.4, 0.5) is 0 Å². The van der Waals surface area contributed by atoms with Gasteiger partial charge in [0, 0.05) is 6.20 Å². The molecule has 1 unspecified atom stereocenters. The van der Waals surface area contributed by atoms with Crippen molar-refractivity contribution in [2.24, 2.45) is 0 Å². The second-order valence-electron chi connectivity index (χ2n) is 1.98. The minimum Gasteiger partial charge on any atom is -0.260 e. The molecule has 1 rings (SSSR count). The summed E-state index contributed by atoms with van der Waals surface area (Å²) in [5.74, 6) is 0. The fourth-order valence-electron chi connectivity index (χ4n) is 0.632. The zero-order valence-electron chi connectivity index (χ0n) is 5.33. The number of pyridine rings is 1. The number of hydrogen-bond acceptors (Lipinski definition) is 1. The summed E-state index contributed by atoms with van der Waals surface area (Å²) >= 11 is 0. The molecule has 47 valence electrons. The minimum atomic E-state index is -0.203. The highest BCUT2D eigenvalue weighted by atomic mass is 14.7. The molecule has 0 aliphatic rings. The summed E-state index contributed by atoms with van der Waals surface area (Å²) in [5, 5.41) is 0. The van der Waals surface area contributed by atoms with Gasteiger partial charge in [-0.25, -0.2) is 5.73 Å². The topological polar surface area (TPSA) is 36.7 Å². The highest BCUT2D eigenvalue weighted by molar-refractivity contribution is 5.06. The second kappa shape index (κ2) is 2.60. The SMILES string of the molecule is CC([NH])c1ccccn1. The lowest BCUT2D eigenvalue weighted by molar-refractivity contribution is 0.754. The number of hydrogen-bond donors (Lipinski definition) is 0. The van der Waals surface area contributed by atoms with Crippen LogP contribution in [0.1, 0.15) is 18.7 Å². The van der Waals surface area contributed by atoms with E-state index >= 15 is 0 Å². The molecule has 1 N–H and O–H groups in total. The highest BCUT2D eigenvalue weighted by Gasteiger charge is 1.96. The second-order valence-corrected chi connectivity index (χ2v) is 1.98. The third-order valence-electron chi connectivity index (χ3n) is 1.13. The summed E-state index contributed by atoms with van der Waals surface area (Å²) in [6.45, 7) is 1.81. The predicted octanol–water partition coefficient (Wildman–Crippen LogP) is 1.43. The maximum absolute atomic E-state index is 7.26. The normalized spacial score (nSPS) is 13.1. The van der Waals surface area contributed by atoms with Crippen LogP contribution in [-0.4, -0.2) is 4.98 Å². The van der Waals surface area contributed by atoms with Crippen molar-refractivity contribution in [2.75, 3.05) is 0 Å². The quantitative estimate of drug-likeness (QED) is 0.553. The number of rotatable bonds is 1. The molecule has 2 nitrogen and oxygen atoms in total. The lowest BCUT2D eigenvalue weighted by Crippen LogP contribution is -1.94. The lowest BCUT2D eigenvalue weighted by atomic mass is 10.2. The number of nitrogens with one attached hydrogen (secondary N) is 1. The van der Waals surface area contributed by atoms with E-state index in [0.29, 0.717) is 0 Å². The van der Waals surface area contributed by atoms with Crippen molar-refractivity contribution in [3.8, 4) is 0 Å². The summed E-state index contributed by atoms with van der Waals surface area (Å²) in [7, 11) is 0. The van der Waals surface area contributed by atoms with Crippen LogP contribution >= 0.6 is 0 Å². The Morgan fingerprint density at radius 1 is 1.56 bits per heavy atom. The number of aromatic nitrogens is 1. The van der Waals surface area contributed by atoms with Crippen molar-refractivity contribution < 1.29 is 0 Å². The standard InChI is InChI=1S/C7H9N2/c1-6(8)7-4-2-3-5-9-7/h2-6,8H,1H3. The van der Waals surface area contributed by atoms with Gasteiger partial charge in [0.25, 0.3) is 0 Å². The van der Waals surface area contributed by atoms with Crippen LogP contribution in [0.5, 0.6) is 0 Å². The molecule has 1 radical (unpaired) electrons. The van der Waals surface area contributed by atoms with E-state index in [1.807, 2.05) is 25.1 Å². The van der Waals surface area contributed by atoms with E-state index in [9.17, 15) is 0 Å². The molecular weight excluding hydrogens is 112 g/mol. The molecule has 0 aromatic carbocycles. The average Bonchev–Trinajstić information content (AvgIpc) is 1.90. The zero-order chi connectivity index (χ0) is 6.69. The van der Waals surface area contributed by atoms with Gasteiger partial charge in [-0.3, -0.25) is 4.98 Å². The van der Waals surface area contributed by atoms with Crippen molar-refractivity contribution in [1.29, 1.82) is 0 Å². The molecule has 0 bridgehead atoms. The molecule has 1 aromatic rings. The molecule has 0 spiro atoms. The Morgan fingerprint density at radius 2 is 2.33 bits per heavy atom. The molecule has 1 heterocycles. The molecular formula is C7H9N2. The Morgan fingerprint density at radius 3 is 2.67 bits per heavy atom. The van der Waals surface area contributed by atoms with Crippen LogP contribution in [0.15, 0.2) is 24.4 Å². The Labute approximate surface area is 54.7 Å². The minimum absolute atomic E-state index is 0.203. The molecule has 1 aromatic heterocycles.